The normalized spacial score (nSPS) is 13.3. The molecule has 0 saturated heterocycles. The predicted octanol–water partition coefficient (Wildman–Crippen LogP) is 3.33. The van der Waals surface area contributed by atoms with E-state index in [1.807, 2.05) is 6.07 Å². The van der Waals surface area contributed by atoms with E-state index in [4.69, 9.17) is 5.26 Å². The number of alkyl halides is 3. The summed E-state index contributed by atoms with van der Waals surface area (Å²) in [6.45, 7) is 0.754. The van der Waals surface area contributed by atoms with Crippen LogP contribution < -0.4 is 5.32 Å². The van der Waals surface area contributed by atoms with Gasteiger partial charge in [0.05, 0.1) is 29.6 Å². The Morgan fingerprint density at radius 3 is 2.58 bits per heavy atom. The molecule has 3 rings (SSSR count). The summed E-state index contributed by atoms with van der Waals surface area (Å²) in [6, 6.07) is 7.42. The molecule has 0 radical (unpaired) electrons. The summed E-state index contributed by atoms with van der Waals surface area (Å²) in [4.78, 5) is 15.9. The number of aliphatic hydroxyl groups is 1. The first-order valence-electron chi connectivity index (χ1n) is 8.66. The van der Waals surface area contributed by atoms with Gasteiger partial charge in [-0.15, -0.1) is 0 Å². The number of aromatic nitrogens is 2. The molecular formula is C20H13F4N5O2. The fourth-order valence-electron chi connectivity index (χ4n) is 3.00. The number of amides is 1. The first kappa shape index (κ1) is 21.7. The van der Waals surface area contributed by atoms with Crippen molar-refractivity contribution in [3.05, 3.63) is 59.3 Å². The molecule has 31 heavy (non-hydrogen) atoms. The molecule has 2 heterocycles. The highest BCUT2D eigenvalue weighted by atomic mass is 19.4. The molecule has 0 saturated carbocycles. The van der Waals surface area contributed by atoms with Crippen LogP contribution in [0.15, 0.2) is 36.7 Å². The van der Waals surface area contributed by atoms with Crippen LogP contribution in [0, 0.1) is 28.5 Å². The standard InChI is InChI=1S/C20H13F4N5O2/c1-19(31,10-29-9-11(6-25)14-4-12(21)2-3-17(14)29)18(30)28-13-5-15(20(22,23)24)16(7-26)27-8-13/h2-5,8-9,31H,10H2,1H3,(H,28,30). The van der Waals surface area contributed by atoms with E-state index in [2.05, 4.69) is 10.3 Å². The zero-order chi connectivity index (χ0) is 23.0. The number of hydrogen-bond donors (Lipinski definition) is 2. The second-order valence-electron chi connectivity index (χ2n) is 6.90. The lowest BCUT2D eigenvalue weighted by Crippen LogP contribution is -2.43. The molecule has 11 heteroatoms. The number of benzene rings is 1. The third-order valence-electron chi connectivity index (χ3n) is 4.49. The molecular weight excluding hydrogens is 418 g/mol. The maximum atomic E-state index is 13.5. The molecule has 0 fully saturated rings. The van der Waals surface area contributed by atoms with E-state index in [-0.39, 0.29) is 23.2 Å². The van der Waals surface area contributed by atoms with Crippen molar-refractivity contribution in [1.29, 1.82) is 10.5 Å². The van der Waals surface area contributed by atoms with Crippen LogP contribution in [0.3, 0.4) is 0 Å². The van der Waals surface area contributed by atoms with Gasteiger partial charge < -0.3 is 15.0 Å². The highest BCUT2D eigenvalue weighted by Gasteiger charge is 2.36. The molecule has 2 N–H and O–H groups in total. The summed E-state index contributed by atoms with van der Waals surface area (Å²) in [5.74, 6) is -1.62. The molecule has 7 nitrogen and oxygen atoms in total. The van der Waals surface area contributed by atoms with Crippen molar-refractivity contribution in [2.24, 2.45) is 0 Å². The van der Waals surface area contributed by atoms with Crippen molar-refractivity contribution >= 4 is 22.5 Å². The van der Waals surface area contributed by atoms with Crippen molar-refractivity contribution in [2.45, 2.75) is 25.2 Å². The molecule has 1 unspecified atom stereocenters. The number of carbonyl (C=O) groups is 1. The molecule has 1 amide bonds. The van der Waals surface area contributed by atoms with E-state index < -0.39 is 34.8 Å². The predicted molar refractivity (Wildman–Crippen MR) is 99.8 cm³/mol. The minimum Gasteiger partial charge on any atom is -0.378 e. The van der Waals surface area contributed by atoms with E-state index in [1.54, 1.807) is 0 Å². The molecule has 1 aromatic carbocycles. The summed E-state index contributed by atoms with van der Waals surface area (Å²) >= 11 is 0. The molecule has 3 aromatic rings. The van der Waals surface area contributed by atoms with Crippen LogP contribution in [0.4, 0.5) is 23.2 Å². The minimum atomic E-state index is -4.87. The summed E-state index contributed by atoms with van der Waals surface area (Å²) in [5, 5.41) is 31.1. The van der Waals surface area contributed by atoms with Gasteiger partial charge >= 0.3 is 6.18 Å². The maximum Gasteiger partial charge on any atom is 0.419 e. The summed E-state index contributed by atoms with van der Waals surface area (Å²) < 4.78 is 54.1. The van der Waals surface area contributed by atoms with Crippen molar-refractivity contribution < 1.29 is 27.5 Å². The molecule has 0 aliphatic rings. The lowest BCUT2D eigenvalue weighted by atomic mass is 10.1. The first-order valence-corrected chi connectivity index (χ1v) is 8.66. The highest BCUT2D eigenvalue weighted by molar-refractivity contribution is 5.97. The van der Waals surface area contributed by atoms with E-state index >= 15 is 0 Å². The lowest BCUT2D eigenvalue weighted by molar-refractivity contribution is -0.138. The Labute approximate surface area is 172 Å². The van der Waals surface area contributed by atoms with Gasteiger partial charge in [-0.3, -0.25) is 4.79 Å². The van der Waals surface area contributed by atoms with Gasteiger partial charge in [0.15, 0.2) is 11.3 Å². The minimum absolute atomic E-state index is 0.122. The smallest absolute Gasteiger partial charge is 0.378 e. The van der Waals surface area contributed by atoms with Crippen LogP contribution in [0.1, 0.15) is 23.7 Å². The Hall–Kier alpha value is -3.96. The number of rotatable bonds is 4. The quantitative estimate of drug-likeness (QED) is 0.615. The van der Waals surface area contributed by atoms with Crippen LogP contribution in [0.5, 0.6) is 0 Å². The van der Waals surface area contributed by atoms with E-state index in [9.17, 15) is 32.7 Å². The van der Waals surface area contributed by atoms with Gasteiger partial charge in [0, 0.05) is 17.1 Å². The van der Waals surface area contributed by atoms with Crippen molar-refractivity contribution in [3.63, 3.8) is 0 Å². The lowest BCUT2D eigenvalue weighted by Gasteiger charge is -2.23. The zero-order valence-corrected chi connectivity index (χ0v) is 15.8. The Balaban J connectivity index is 1.89. The SMILES string of the molecule is CC(O)(Cn1cc(C#N)c2cc(F)ccc21)C(=O)Nc1cnc(C#N)c(C(F)(F)F)c1. The largest absolute Gasteiger partial charge is 0.419 e. The Morgan fingerprint density at radius 1 is 1.26 bits per heavy atom. The average Bonchev–Trinajstić information content (AvgIpc) is 3.03. The number of pyridine rings is 1. The van der Waals surface area contributed by atoms with Gasteiger partial charge in [-0.25, -0.2) is 9.37 Å². The maximum absolute atomic E-state index is 13.5. The number of hydrogen-bond acceptors (Lipinski definition) is 5. The number of carbonyl (C=O) groups excluding carboxylic acids is 1. The number of halogens is 4. The average molecular weight is 431 g/mol. The van der Waals surface area contributed by atoms with E-state index in [0.29, 0.717) is 11.6 Å². The fourth-order valence-corrected chi connectivity index (χ4v) is 3.00. The number of fused-ring (bicyclic) bond motifs is 1. The Kier molecular flexibility index (Phi) is 5.40. The van der Waals surface area contributed by atoms with Gasteiger partial charge in [-0.2, -0.15) is 23.7 Å². The third-order valence-corrected chi connectivity index (χ3v) is 4.49. The molecule has 158 valence electrons. The van der Waals surface area contributed by atoms with Gasteiger partial charge in [0.1, 0.15) is 18.0 Å². The molecule has 0 bridgehead atoms. The van der Waals surface area contributed by atoms with Gasteiger partial charge in [-0.1, -0.05) is 0 Å². The van der Waals surface area contributed by atoms with Crippen LogP contribution in [-0.4, -0.2) is 26.2 Å². The van der Waals surface area contributed by atoms with Crippen LogP contribution >= 0.6 is 0 Å². The number of nitriles is 2. The highest BCUT2D eigenvalue weighted by Crippen LogP contribution is 2.33. The molecule has 0 aliphatic heterocycles. The van der Waals surface area contributed by atoms with Gasteiger partial charge in [-0.05, 0) is 31.2 Å². The summed E-state index contributed by atoms with van der Waals surface area (Å²) in [5.41, 5.74) is -4.17. The Bertz CT molecular complexity index is 1270. The van der Waals surface area contributed by atoms with Crippen LogP contribution in [-0.2, 0) is 17.5 Å². The van der Waals surface area contributed by atoms with Crippen molar-refractivity contribution in [3.8, 4) is 12.1 Å². The number of nitrogens with zero attached hydrogens (tertiary/aromatic N) is 4. The van der Waals surface area contributed by atoms with E-state index in [1.165, 1.54) is 22.9 Å². The number of nitrogens with one attached hydrogen (secondary N) is 1. The Morgan fingerprint density at radius 2 is 1.97 bits per heavy atom. The van der Waals surface area contributed by atoms with E-state index in [0.717, 1.165) is 25.3 Å². The molecule has 0 spiro atoms. The molecule has 0 aliphatic carbocycles. The second-order valence-corrected chi connectivity index (χ2v) is 6.90. The fraction of sp³-hybridized carbons (Fsp3) is 0.200. The molecule has 2 aromatic heterocycles. The van der Waals surface area contributed by atoms with Crippen molar-refractivity contribution in [2.75, 3.05) is 5.32 Å². The monoisotopic (exact) mass is 431 g/mol. The zero-order valence-electron chi connectivity index (χ0n) is 15.8. The van der Waals surface area contributed by atoms with Gasteiger partial charge in [0.2, 0.25) is 0 Å². The first-order chi connectivity index (χ1) is 14.5. The molecule has 1 atom stereocenters. The summed E-state index contributed by atoms with van der Waals surface area (Å²) in [7, 11) is 0. The third kappa shape index (κ3) is 4.32. The van der Waals surface area contributed by atoms with Crippen molar-refractivity contribution in [1.82, 2.24) is 9.55 Å². The van der Waals surface area contributed by atoms with Gasteiger partial charge in [0.25, 0.3) is 5.91 Å². The van der Waals surface area contributed by atoms with Crippen LogP contribution in [0.25, 0.3) is 10.9 Å². The second kappa shape index (κ2) is 7.70. The van der Waals surface area contributed by atoms with Crippen LogP contribution in [0.2, 0.25) is 0 Å². The number of anilines is 1. The summed E-state index contributed by atoms with van der Waals surface area (Å²) in [6.07, 6.45) is -2.67. The topological polar surface area (TPSA) is 115 Å².